The van der Waals surface area contributed by atoms with Crippen LogP contribution in [0.2, 0.25) is 0 Å². The molecule has 0 atom stereocenters. The molecule has 4 heterocycles. The minimum atomic E-state index is -0.267. The molecule has 6 rings (SSSR count). The summed E-state index contributed by atoms with van der Waals surface area (Å²) in [7, 11) is 0. The minimum absolute atomic E-state index is 0.00276. The van der Waals surface area contributed by atoms with Gasteiger partial charge < -0.3 is 20.9 Å². The molecule has 3 aliphatic rings. The highest BCUT2D eigenvalue weighted by Gasteiger charge is 2.35. The molecule has 14 nitrogen and oxygen atoms in total. The molecule has 3 N–H and O–H groups in total. The number of piperazine rings is 1. The molecule has 1 aromatic heterocycles. The maximum Gasteiger partial charge on any atom is 0.261 e. The lowest BCUT2D eigenvalue weighted by molar-refractivity contribution is -0.122. The van der Waals surface area contributed by atoms with Crippen molar-refractivity contribution >= 4 is 52.6 Å². The SMILES string of the molecule is O=C(CCCCCN1C(=O)c2ccccc2C1=O)NCCCCCC(=O)NCCCCN1CCN(CC(=O)N2c3ccccc3C(=O)Nc3cccnc32)CC1. The molecule has 3 aromatic rings. The zero-order valence-electron chi connectivity index (χ0n) is 32.0. The number of para-hydroxylation sites is 1. The van der Waals surface area contributed by atoms with Crippen molar-refractivity contribution in [2.75, 3.05) is 69.1 Å². The predicted octanol–water partition coefficient (Wildman–Crippen LogP) is 4.36. The van der Waals surface area contributed by atoms with Crippen LogP contribution in [0.3, 0.4) is 0 Å². The van der Waals surface area contributed by atoms with Crippen molar-refractivity contribution in [3.8, 4) is 0 Å². The Labute approximate surface area is 328 Å². The van der Waals surface area contributed by atoms with E-state index in [-0.39, 0.29) is 42.0 Å². The third-order valence-electron chi connectivity index (χ3n) is 10.5. The first-order valence-electron chi connectivity index (χ1n) is 19.9. The smallest absolute Gasteiger partial charge is 0.261 e. The van der Waals surface area contributed by atoms with Crippen LogP contribution >= 0.6 is 0 Å². The molecule has 14 heteroatoms. The summed E-state index contributed by atoms with van der Waals surface area (Å²) in [6, 6.07) is 17.5. The first kappa shape index (κ1) is 40.2. The number of pyridine rings is 1. The van der Waals surface area contributed by atoms with Gasteiger partial charge in [0.1, 0.15) is 0 Å². The van der Waals surface area contributed by atoms with Gasteiger partial charge in [0.15, 0.2) is 5.82 Å². The van der Waals surface area contributed by atoms with Crippen molar-refractivity contribution in [1.29, 1.82) is 0 Å². The summed E-state index contributed by atoms with van der Waals surface area (Å²) in [4.78, 5) is 87.8. The van der Waals surface area contributed by atoms with Crippen LogP contribution in [0.4, 0.5) is 17.2 Å². The standard InChI is InChI=1S/C42H52N8O6/c51-36(19-3-1-9-21-43-37(52)20-4-2-11-25-49-41(55)31-14-5-6-15-32(31)42(49)56)44-22-10-12-24-47-26-28-48(29-27-47)30-38(53)50-35-18-8-7-16-33(35)40(54)46-34-17-13-23-45-39(34)50/h5-8,13-18,23H,1-4,9-12,19-22,24-30H2,(H,43,52)(H,44,51)(H,46,54). The fourth-order valence-electron chi connectivity index (χ4n) is 7.38. The van der Waals surface area contributed by atoms with Crippen molar-refractivity contribution in [2.24, 2.45) is 0 Å². The van der Waals surface area contributed by atoms with E-state index in [0.717, 1.165) is 71.2 Å². The second-order valence-electron chi connectivity index (χ2n) is 14.5. The van der Waals surface area contributed by atoms with Crippen molar-refractivity contribution in [3.05, 3.63) is 83.6 Å². The van der Waals surface area contributed by atoms with Crippen LogP contribution in [0.15, 0.2) is 66.9 Å². The number of hydrogen-bond donors (Lipinski definition) is 3. The van der Waals surface area contributed by atoms with Gasteiger partial charge in [0.25, 0.3) is 17.7 Å². The van der Waals surface area contributed by atoms with E-state index >= 15 is 0 Å². The Morgan fingerprint density at radius 1 is 0.625 bits per heavy atom. The van der Waals surface area contributed by atoms with Crippen LogP contribution in [0.25, 0.3) is 0 Å². The van der Waals surface area contributed by atoms with E-state index in [1.807, 2.05) is 6.07 Å². The highest BCUT2D eigenvalue weighted by atomic mass is 16.2. The molecule has 0 aliphatic carbocycles. The van der Waals surface area contributed by atoms with Crippen LogP contribution < -0.4 is 20.9 Å². The zero-order valence-corrected chi connectivity index (χ0v) is 32.0. The van der Waals surface area contributed by atoms with Crippen LogP contribution in [0, 0.1) is 0 Å². The third kappa shape index (κ3) is 10.4. The molecule has 56 heavy (non-hydrogen) atoms. The van der Waals surface area contributed by atoms with Gasteiger partial charge in [-0.2, -0.15) is 0 Å². The molecule has 6 amide bonds. The maximum atomic E-state index is 13.7. The molecule has 0 bridgehead atoms. The number of fused-ring (bicyclic) bond motifs is 3. The van der Waals surface area contributed by atoms with Crippen molar-refractivity contribution in [2.45, 2.75) is 64.2 Å². The lowest BCUT2D eigenvalue weighted by Crippen LogP contribution is -2.49. The monoisotopic (exact) mass is 764 g/mol. The van der Waals surface area contributed by atoms with Gasteiger partial charge in [-0.15, -0.1) is 0 Å². The quantitative estimate of drug-likeness (QED) is 0.119. The normalized spacial score (nSPS) is 15.5. The first-order valence-corrected chi connectivity index (χ1v) is 19.9. The number of unbranched alkanes of at least 4 members (excludes halogenated alkanes) is 5. The van der Waals surface area contributed by atoms with Crippen LogP contribution in [0.1, 0.15) is 95.3 Å². The molecule has 0 saturated carbocycles. The molecule has 3 aliphatic heterocycles. The number of aromatic nitrogens is 1. The average Bonchev–Trinajstić information content (AvgIpc) is 3.36. The molecule has 1 saturated heterocycles. The van der Waals surface area contributed by atoms with E-state index in [0.29, 0.717) is 79.2 Å². The Kier molecular flexibility index (Phi) is 14.3. The highest BCUT2D eigenvalue weighted by molar-refractivity contribution is 6.21. The summed E-state index contributed by atoms with van der Waals surface area (Å²) in [6.07, 6.45) is 8.93. The third-order valence-corrected chi connectivity index (χ3v) is 10.5. The van der Waals surface area contributed by atoms with Crippen molar-refractivity contribution < 1.29 is 28.8 Å². The van der Waals surface area contributed by atoms with Gasteiger partial charge in [-0.05, 0) is 81.5 Å². The Hall–Kier alpha value is -5.47. The number of rotatable bonds is 19. The topological polar surface area (TPSA) is 164 Å². The predicted molar refractivity (Wildman–Crippen MR) is 213 cm³/mol. The number of nitrogens with one attached hydrogen (secondary N) is 3. The largest absolute Gasteiger partial charge is 0.356 e. The Balaban J connectivity index is 0.757. The number of carbonyl (C=O) groups is 6. The minimum Gasteiger partial charge on any atom is -0.356 e. The fraction of sp³-hybridized carbons (Fsp3) is 0.452. The molecule has 0 unspecified atom stereocenters. The summed E-state index contributed by atoms with van der Waals surface area (Å²) in [6.45, 7) is 5.98. The van der Waals surface area contributed by atoms with Crippen LogP contribution in [0.5, 0.6) is 0 Å². The van der Waals surface area contributed by atoms with Crippen LogP contribution in [-0.2, 0) is 14.4 Å². The van der Waals surface area contributed by atoms with Gasteiger partial charge in [0.05, 0.1) is 34.6 Å². The van der Waals surface area contributed by atoms with Gasteiger partial charge in [-0.1, -0.05) is 37.1 Å². The summed E-state index contributed by atoms with van der Waals surface area (Å²) >= 11 is 0. The van der Waals surface area contributed by atoms with Gasteiger partial charge >= 0.3 is 0 Å². The Morgan fingerprint density at radius 2 is 1.20 bits per heavy atom. The average molecular weight is 765 g/mol. The van der Waals surface area contributed by atoms with Gasteiger partial charge in [0.2, 0.25) is 17.7 Å². The summed E-state index contributed by atoms with van der Waals surface area (Å²) < 4.78 is 0. The van der Waals surface area contributed by atoms with E-state index in [2.05, 4.69) is 30.7 Å². The molecule has 2 aromatic carbocycles. The van der Waals surface area contributed by atoms with Gasteiger partial charge in [-0.25, -0.2) is 4.98 Å². The van der Waals surface area contributed by atoms with E-state index in [1.165, 1.54) is 4.90 Å². The lowest BCUT2D eigenvalue weighted by Gasteiger charge is -2.35. The van der Waals surface area contributed by atoms with E-state index in [9.17, 15) is 28.8 Å². The lowest BCUT2D eigenvalue weighted by atomic mass is 10.1. The molecular formula is C42H52N8O6. The van der Waals surface area contributed by atoms with Crippen molar-refractivity contribution in [3.63, 3.8) is 0 Å². The molecule has 1 fully saturated rings. The number of anilines is 3. The molecule has 0 radical (unpaired) electrons. The second kappa shape index (κ2) is 19.9. The van der Waals surface area contributed by atoms with Crippen molar-refractivity contribution in [1.82, 2.24) is 30.3 Å². The number of hydrogen-bond acceptors (Lipinski definition) is 9. The highest BCUT2D eigenvalue weighted by Crippen LogP contribution is 2.36. The fourth-order valence-corrected chi connectivity index (χ4v) is 7.38. The first-order chi connectivity index (χ1) is 27.3. The molecule has 0 spiro atoms. The molecule has 296 valence electrons. The zero-order chi connectivity index (χ0) is 39.3. The van der Waals surface area contributed by atoms with Crippen LogP contribution in [-0.4, -0.2) is 114 Å². The maximum absolute atomic E-state index is 13.7. The molecular weight excluding hydrogens is 713 g/mol. The number of imide groups is 1. The summed E-state index contributed by atoms with van der Waals surface area (Å²) in [5.41, 5.74) is 2.38. The van der Waals surface area contributed by atoms with E-state index < -0.39 is 0 Å². The Morgan fingerprint density at radius 3 is 1.88 bits per heavy atom. The Bertz CT molecular complexity index is 1860. The van der Waals surface area contributed by atoms with E-state index in [4.69, 9.17) is 0 Å². The van der Waals surface area contributed by atoms with E-state index in [1.54, 1.807) is 65.7 Å². The summed E-state index contributed by atoms with van der Waals surface area (Å²) in [5, 5.41) is 8.84. The van der Waals surface area contributed by atoms with Gasteiger partial charge in [-0.3, -0.25) is 43.5 Å². The summed E-state index contributed by atoms with van der Waals surface area (Å²) in [5.74, 6) is -0.412. The second-order valence-corrected chi connectivity index (χ2v) is 14.5. The van der Waals surface area contributed by atoms with Gasteiger partial charge in [0, 0.05) is 64.9 Å². The number of nitrogens with zero attached hydrogens (tertiary/aromatic N) is 5. The number of carbonyl (C=O) groups excluding carboxylic acids is 6. The number of benzene rings is 2. The number of amides is 6.